The monoisotopic (exact) mass is 262 g/mol. The Labute approximate surface area is 113 Å². The van der Waals surface area contributed by atoms with Crippen molar-refractivity contribution in [3.05, 3.63) is 29.6 Å². The fourth-order valence-corrected chi connectivity index (χ4v) is 2.22. The average molecular weight is 262 g/mol. The molecule has 1 atom stereocenters. The zero-order chi connectivity index (χ0) is 14.0. The van der Waals surface area contributed by atoms with Gasteiger partial charge in [-0.2, -0.15) is 10.2 Å². The molecule has 0 aliphatic heterocycles. The number of nitrogens with two attached hydrogens (primary N) is 1. The first kappa shape index (κ1) is 13.7. The Kier molecular flexibility index (Phi) is 3.99. The van der Waals surface area contributed by atoms with Crippen LogP contribution in [0.25, 0.3) is 0 Å². The van der Waals surface area contributed by atoms with Gasteiger partial charge in [-0.15, -0.1) is 0 Å². The molecular weight excluding hydrogens is 240 g/mol. The Hall–Kier alpha value is -1.69. The Morgan fingerprint density at radius 1 is 1.37 bits per heavy atom. The maximum Gasteiger partial charge on any atom is 0.138 e. The topological polar surface area (TPSA) is 74.5 Å². The van der Waals surface area contributed by atoms with Crippen LogP contribution in [0.15, 0.2) is 12.4 Å². The first-order chi connectivity index (χ1) is 8.97. The van der Waals surface area contributed by atoms with Crippen molar-refractivity contribution in [2.24, 2.45) is 18.7 Å². The number of hydrogen-bond donors (Lipinski definition) is 1. The van der Waals surface area contributed by atoms with Gasteiger partial charge >= 0.3 is 0 Å². The SMILES string of the molecule is Cc1cc(C(N)Cc2ncnn2CC(C)C)n(C)n1. The Balaban J connectivity index is 2.13. The lowest BCUT2D eigenvalue weighted by Gasteiger charge is -2.13. The molecular formula is C13H22N6. The molecule has 2 N–H and O–H groups in total. The molecule has 2 aromatic rings. The summed E-state index contributed by atoms with van der Waals surface area (Å²) in [6, 6.07) is 1.91. The van der Waals surface area contributed by atoms with Gasteiger partial charge in [-0.05, 0) is 18.9 Å². The molecule has 0 radical (unpaired) electrons. The number of hydrogen-bond acceptors (Lipinski definition) is 4. The van der Waals surface area contributed by atoms with Crippen LogP contribution >= 0.6 is 0 Å². The highest BCUT2D eigenvalue weighted by Crippen LogP contribution is 2.15. The van der Waals surface area contributed by atoms with Gasteiger partial charge in [0.1, 0.15) is 12.2 Å². The first-order valence-corrected chi connectivity index (χ1v) is 6.60. The molecule has 0 saturated heterocycles. The van der Waals surface area contributed by atoms with E-state index in [1.807, 2.05) is 29.4 Å². The molecule has 19 heavy (non-hydrogen) atoms. The van der Waals surface area contributed by atoms with Gasteiger partial charge in [0.05, 0.1) is 17.4 Å². The van der Waals surface area contributed by atoms with Crippen molar-refractivity contribution in [2.45, 2.75) is 39.8 Å². The van der Waals surface area contributed by atoms with Crippen LogP contribution in [0.5, 0.6) is 0 Å². The number of aromatic nitrogens is 5. The van der Waals surface area contributed by atoms with E-state index in [2.05, 4.69) is 29.0 Å². The van der Waals surface area contributed by atoms with E-state index in [0.717, 1.165) is 23.8 Å². The molecule has 0 saturated carbocycles. The summed E-state index contributed by atoms with van der Waals surface area (Å²) in [5.74, 6) is 1.47. The number of rotatable bonds is 5. The van der Waals surface area contributed by atoms with Crippen LogP contribution in [0.1, 0.15) is 37.1 Å². The second-order valence-corrected chi connectivity index (χ2v) is 5.40. The van der Waals surface area contributed by atoms with E-state index in [1.54, 1.807) is 6.33 Å². The third-order valence-electron chi connectivity index (χ3n) is 3.05. The van der Waals surface area contributed by atoms with E-state index in [4.69, 9.17) is 5.73 Å². The fourth-order valence-electron chi connectivity index (χ4n) is 2.22. The Morgan fingerprint density at radius 2 is 2.11 bits per heavy atom. The third kappa shape index (κ3) is 3.20. The summed E-state index contributed by atoms with van der Waals surface area (Å²) in [5, 5.41) is 8.58. The first-order valence-electron chi connectivity index (χ1n) is 6.60. The largest absolute Gasteiger partial charge is 0.322 e. The predicted octanol–water partition coefficient (Wildman–Crippen LogP) is 1.22. The lowest BCUT2D eigenvalue weighted by Crippen LogP contribution is -2.20. The molecule has 2 rings (SSSR count). The smallest absolute Gasteiger partial charge is 0.138 e. The molecule has 0 aromatic carbocycles. The molecule has 2 aromatic heterocycles. The van der Waals surface area contributed by atoms with Crippen LogP contribution in [0.4, 0.5) is 0 Å². The maximum atomic E-state index is 6.26. The fraction of sp³-hybridized carbons (Fsp3) is 0.615. The summed E-state index contributed by atoms with van der Waals surface area (Å²) in [4.78, 5) is 4.31. The Bertz CT molecular complexity index is 539. The van der Waals surface area contributed by atoms with Crippen molar-refractivity contribution in [3.63, 3.8) is 0 Å². The molecule has 0 bridgehead atoms. The highest BCUT2D eigenvalue weighted by Gasteiger charge is 2.16. The van der Waals surface area contributed by atoms with Gasteiger partial charge in [0.2, 0.25) is 0 Å². The zero-order valence-electron chi connectivity index (χ0n) is 12.0. The van der Waals surface area contributed by atoms with Crippen LogP contribution in [0.3, 0.4) is 0 Å². The minimum absolute atomic E-state index is 0.110. The van der Waals surface area contributed by atoms with Crippen molar-refractivity contribution in [1.82, 2.24) is 24.5 Å². The molecule has 0 aliphatic carbocycles. The normalized spacial score (nSPS) is 13.2. The van der Waals surface area contributed by atoms with Gasteiger partial charge in [-0.1, -0.05) is 13.8 Å². The van der Waals surface area contributed by atoms with Gasteiger partial charge in [0.15, 0.2) is 0 Å². The van der Waals surface area contributed by atoms with Crippen molar-refractivity contribution >= 4 is 0 Å². The molecule has 0 fully saturated rings. The third-order valence-corrected chi connectivity index (χ3v) is 3.05. The minimum atomic E-state index is -0.110. The zero-order valence-corrected chi connectivity index (χ0v) is 12.0. The van der Waals surface area contributed by atoms with E-state index in [0.29, 0.717) is 12.3 Å². The van der Waals surface area contributed by atoms with E-state index in [-0.39, 0.29) is 6.04 Å². The van der Waals surface area contributed by atoms with Crippen molar-refractivity contribution in [3.8, 4) is 0 Å². The molecule has 1 unspecified atom stereocenters. The summed E-state index contributed by atoms with van der Waals surface area (Å²) < 4.78 is 3.77. The van der Waals surface area contributed by atoms with E-state index < -0.39 is 0 Å². The highest BCUT2D eigenvalue weighted by molar-refractivity contribution is 5.14. The van der Waals surface area contributed by atoms with Crippen LogP contribution in [0, 0.1) is 12.8 Å². The summed E-state index contributed by atoms with van der Waals surface area (Å²) in [6.07, 6.45) is 2.27. The van der Waals surface area contributed by atoms with Gasteiger partial charge in [-0.3, -0.25) is 4.68 Å². The van der Waals surface area contributed by atoms with Crippen LogP contribution in [0.2, 0.25) is 0 Å². The molecule has 6 heteroatoms. The quantitative estimate of drug-likeness (QED) is 0.879. The standard InChI is InChI=1S/C13H22N6/c1-9(2)7-19-13(15-8-16-19)6-11(14)12-5-10(3)17-18(12)4/h5,8-9,11H,6-7,14H2,1-4H3. The van der Waals surface area contributed by atoms with Gasteiger partial charge in [-0.25, -0.2) is 9.67 Å². The minimum Gasteiger partial charge on any atom is -0.322 e. The van der Waals surface area contributed by atoms with Crippen molar-refractivity contribution < 1.29 is 0 Å². The van der Waals surface area contributed by atoms with Crippen LogP contribution < -0.4 is 5.73 Å². The second kappa shape index (κ2) is 5.52. The summed E-state index contributed by atoms with van der Waals surface area (Å²) in [5.41, 5.74) is 8.27. The van der Waals surface area contributed by atoms with Crippen LogP contribution in [-0.4, -0.2) is 24.5 Å². The second-order valence-electron chi connectivity index (χ2n) is 5.40. The predicted molar refractivity (Wildman–Crippen MR) is 73.4 cm³/mol. The molecule has 0 spiro atoms. The van der Waals surface area contributed by atoms with Gasteiger partial charge in [0, 0.05) is 20.0 Å². The lowest BCUT2D eigenvalue weighted by molar-refractivity contribution is 0.456. The summed E-state index contributed by atoms with van der Waals surface area (Å²) in [6.45, 7) is 7.16. The molecule has 104 valence electrons. The maximum absolute atomic E-state index is 6.26. The van der Waals surface area contributed by atoms with Crippen molar-refractivity contribution in [1.29, 1.82) is 0 Å². The summed E-state index contributed by atoms with van der Waals surface area (Å²) in [7, 11) is 1.92. The number of aryl methyl sites for hydroxylation is 2. The lowest BCUT2D eigenvalue weighted by atomic mass is 10.1. The molecule has 6 nitrogen and oxygen atoms in total. The molecule has 0 aliphatic rings. The Morgan fingerprint density at radius 3 is 2.68 bits per heavy atom. The van der Waals surface area contributed by atoms with Gasteiger partial charge in [0.25, 0.3) is 0 Å². The molecule has 2 heterocycles. The van der Waals surface area contributed by atoms with Crippen molar-refractivity contribution in [2.75, 3.05) is 0 Å². The van der Waals surface area contributed by atoms with Gasteiger partial charge < -0.3 is 5.73 Å². The molecule has 0 amide bonds. The van der Waals surface area contributed by atoms with E-state index in [1.165, 1.54) is 0 Å². The highest BCUT2D eigenvalue weighted by atomic mass is 15.3. The number of nitrogens with zero attached hydrogens (tertiary/aromatic N) is 5. The average Bonchev–Trinajstić information content (AvgIpc) is 2.85. The van der Waals surface area contributed by atoms with E-state index in [9.17, 15) is 0 Å². The van der Waals surface area contributed by atoms with Crippen LogP contribution in [-0.2, 0) is 20.0 Å². The summed E-state index contributed by atoms with van der Waals surface area (Å²) >= 11 is 0. The van der Waals surface area contributed by atoms with E-state index >= 15 is 0 Å².